The molecule has 3 nitrogen and oxygen atoms in total. The number of hydrogen-bond acceptors (Lipinski definition) is 2. The van der Waals surface area contributed by atoms with Gasteiger partial charge < -0.3 is 4.74 Å². The third kappa shape index (κ3) is 1.73. The molecule has 0 aliphatic carbocycles. The molecule has 0 aliphatic heterocycles. The molecule has 0 aliphatic rings. The molecular formula is C12H14N2O. The number of aryl methyl sites for hydroxylation is 2. The maximum atomic E-state index is 5.38. The number of aromatic nitrogens is 2. The first kappa shape index (κ1) is 9.77. The van der Waals surface area contributed by atoms with Crippen LogP contribution >= 0.6 is 0 Å². The highest BCUT2D eigenvalue weighted by Gasteiger charge is 2.07. The Morgan fingerprint density at radius 1 is 1.20 bits per heavy atom. The van der Waals surface area contributed by atoms with E-state index in [9.17, 15) is 0 Å². The lowest BCUT2D eigenvalue weighted by atomic mass is 10.2. The van der Waals surface area contributed by atoms with Crippen molar-refractivity contribution >= 4 is 0 Å². The molecule has 2 aromatic rings. The highest BCUT2D eigenvalue weighted by Crippen LogP contribution is 2.25. The molecule has 0 bridgehead atoms. The molecule has 0 spiro atoms. The van der Waals surface area contributed by atoms with Crippen LogP contribution in [0.2, 0.25) is 0 Å². The minimum Gasteiger partial charge on any atom is -0.494 e. The molecule has 0 radical (unpaired) electrons. The largest absolute Gasteiger partial charge is 0.494 e. The summed E-state index contributed by atoms with van der Waals surface area (Å²) < 4.78 is 7.21. The fourth-order valence-electron chi connectivity index (χ4n) is 1.63. The Labute approximate surface area is 89.3 Å². The topological polar surface area (TPSA) is 27.1 Å². The van der Waals surface area contributed by atoms with Crippen molar-refractivity contribution in [1.29, 1.82) is 0 Å². The lowest BCUT2D eigenvalue weighted by molar-refractivity contribution is 0.408. The molecule has 0 atom stereocenters. The Hall–Kier alpha value is -1.77. The van der Waals surface area contributed by atoms with Gasteiger partial charge in [-0.05, 0) is 31.5 Å². The van der Waals surface area contributed by atoms with Gasteiger partial charge in [-0.3, -0.25) is 0 Å². The van der Waals surface area contributed by atoms with Crippen LogP contribution in [0.25, 0.3) is 5.69 Å². The van der Waals surface area contributed by atoms with Crippen molar-refractivity contribution in [3.05, 3.63) is 41.7 Å². The van der Waals surface area contributed by atoms with Crippen molar-refractivity contribution in [3.8, 4) is 11.4 Å². The van der Waals surface area contributed by atoms with E-state index in [2.05, 4.69) is 5.10 Å². The van der Waals surface area contributed by atoms with Gasteiger partial charge in [0.1, 0.15) is 11.4 Å². The Bertz CT molecular complexity index is 474. The third-order valence-electron chi connectivity index (χ3n) is 2.36. The van der Waals surface area contributed by atoms with Crippen molar-refractivity contribution in [2.24, 2.45) is 0 Å². The summed E-state index contributed by atoms with van der Waals surface area (Å²) in [5, 5.41) is 4.37. The highest BCUT2D eigenvalue weighted by molar-refractivity contribution is 5.50. The predicted molar refractivity (Wildman–Crippen MR) is 59.6 cm³/mol. The summed E-state index contributed by atoms with van der Waals surface area (Å²) in [6.45, 7) is 4.00. The van der Waals surface area contributed by atoms with E-state index >= 15 is 0 Å². The summed E-state index contributed by atoms with van der Waals surface area (Å²) in [7, 11) is 1.68. The minimum absolute atomic E-state index is 0.876. The van der Waals surface area contributed by atoms with E-state index in [1.165, 1.54) is 0 Å². The SMILES string of the molecule is COc1c(C)cccc1-n1ccc(C)n1. The molecule has 1 heterocycles. The van der Waals surface area contributed by atoms with Gasteiger partial charge in [-0.15, -0.1) is 0 Å². The number of para-hydroxylation sites is 1. The zero-order chi connectivity index (χ0) is 10.8. The number of rotatable bonds is 2. The zero-order valence-corrected chi connectivity index (χ0v) is 9.19. The van der Waals surface area contributed by atoms with Crippen LogP contribution < -0.4 is 4.74 Å². The molecule has 1 aromatic carbocycles. The van der Waals surface area contributed by atoms with E-state index in [-0.39, 0.29) is 0 Å². The zero-order valence-electron chi connectivity index (χ0n) is 9.19. The van der Waals surface area contributed by atoms with Gasteiger partial charge >= 0.3 is 0 Å². The average molecular weight is 202 g/mol. The number of hydrogen-bond donors (Lipinski definition) is 0. The lowest BCUT2D eigenvalue weighted by Gasteiger charge is -2.10. The number of ether oxygens (including phenoxy) is 1. The second-order valence-corrected chi connectivity index (χ2v) is 3.53. The van der Waals surface area contributed by atoms with Gasteiger partial charge in [0.15, 0.2) is 0 Å². The van der Waals surface area contributed by atoms with E-state index in [1.807, 2.05) is 49.0 Å². The molecule has 3 heteroatoms. The third-order valence-corrected chi connectivity index (χ3v) is 2.36. The number of benzene rings is 1. The Morgan fingerprint density at radius 3 is 2.60 bits per heavy atom. The van der Waals surface area contributed by atoms with Gasteiger partial charge in [0.2, 0.25) is 0 Å². The maximum absolute atomic E-state index is 5.38. The first-order chi connectivity index (χ1) is 7.22. The summed E-state index contributed by atoms with van der Waals surface area (Å²) in [4.78, 5) is 0. The van der Waals surface area contributed by atoms with E-state index in [0.717, 1.165) is 22.7 Å². The molecule has 78 valence electrons. The van der Waals surface area contributed by atoms with E-state index in [0.29, 0.717) is 0 Å². The normalized spacial score (nSPS) is 10.3. The molecule has 15 heavy (non-hydrogen) atoms. The number of nitrogens with zero attached hydrogens (tertiary/aromatic N) is 2. The smallest absolute Gasteiger partial charge is 0.147 e. The minimum atomic E-state index is 0.876. The maximum Gasteiger partial charge on any atom is 0.147 e. The number of methoxy groups -OCH3 is 1. The highest BCUT2D eigenvalue weighted by atomic mass is 16.5. The van der Waals surface area contributed by atoms with Gasteiger partial charge in [-0.2, -0.15) is 5.10 Å². The van der Waals surface area contributed by atoms with Gasteiger partial charge in [-0.1, -0.05) is 12.1 Å². The average Bonchev–Trinajstić information content (AvgIpc) is 2.64. The molecule has 0 N–H and O–H groups in total. The first-order valence-electron chi connectivity index (χ1n) is 4.88. The van der Waals surface area contributed by atoms with Gasteiger partial charge in [0.05, 0.1) is 12.8 Å². The quantitative estimate of drug-likeness (QED) is 0.748. The molecule has 0 unspecified atom stereocenters. The van der Waals surface area contributed by atoms with Crippen LogP contribution in [0, 0.1) is 13.8 Å². The Balaban J connectivity index is 2.57. The molecule has 0 fully saturated rings. The van der Waals surface area contributed by atoms with Gasteiger partial charge in [-0.25, -0.2) is 4.68 Å². The fraction of sp³-hybridized carbons (Fsp3) is 0.250. The Morgan fingerprint density at radius 2 is 2.00 bits per heavy atom. The van der Waals surface area contributed by atoms with Crippen LogP contribution in [0.15, 0.2) is 30.5 Å². The Kier molecular flexibility index (Phi) is 2.46. The molecule has 2 rings (SSSR count). The monoisotopic (exact) mass is 202 g/mol. The van der Waals surface area contributed by atoms with Gasteiger partial charge in [0.25, 0.3) is 0 Å². The van der Waals surface area contributed by atoms with Crippen molar-refractivity contribution in [2.75, 3.05) is 7.11 Å². The summed E-state index contributed by atoms with van der Waals surface area (Å²) >= 11 is 0. The molecule has 0 saturated heterocycles. The van der Waals surface area contributed by atoms with E-state index in [1.54, 1.807) is 7.11 Å². The lowest BCUT2D eigenvalue weighted by Crippen LogP contribution is -2.00. The second kappa shape index (κ2) is 3.77. The predicted octanol–water partition coefficient (Wildman–Crippen LogP) is 2.50. The summed E-state index contributed by atoms with van der Waals surface area (Å²) in [6, 6.07) is 8.00. The second-order valence-electron chi connectivity index (χ2n) is 3.53. The van der Waals surface area contributed by atoms with Crippen molar-refractivity contribution in [1.82, 2.24) is 9.78 Å². The standard InChI is InChI=1S/C12H14N2O/c1-9-5-4-6-11(12(9)15-3)14-8-7-10(2)13-14/h4-8H,1-3H3. The van der Waals surface area contributed by atoms with Crippen LogP contribution in [0.4, 0.5) is 0 Å². The summed E-state index contributed by atoms with van der Waals surface area (Å²) in [5.41, 5.74) is 3.09. The van der Waals surface area contributed by atoms with Crippen molar-refractivity contribution < 1.29 is 4.74 Å². The molecule has 0 saturated carbocycles. The van der Waals surface area contributed by atoms with Crippen LogP contribution in [-0.2, 0) is 0 Å². The van der Waals surface area contributed by atoms with E-state index in [4.69, 9.17) is 4.74 Å². The van der Waals surface area contributed by atoms with E-state index < -0.39 is 0 Å². The van der Waals surface area contributed by atoms with Crippen molar-refractivity contribution in [2.45, 2.75) is 13.8 Å². The fourth-order valence-corrected chi connectivity index (χ4v) is 1.63. The van der Waals surface area contributed by atoms with Crippen LogP contribution in [0.1, 0.15) is 11.3 Å². The van der Waals surface area contributed by atoms with Crippen LogP contribution in [0.3, 0.4) is 0 Å². The first-order valence-corrected chi connectivity index (χ1v) is 4.88. The molecule has 0 amide bonds. The van der Waals surface area contributed by atoms with Crippen molar-refractivity contribution in [3.63, 3.8) is 0 Å². The summed E-state index contributed by atoms with van der Waals surface area (Å²) in [6.07, 6.45) is 1.94. The molecule has 1 aromatic heterocycles. The van der Waals surface area contributed by atoms with Gasteiger partial charge in [0, 0.05) is 6.20 Å². The molecular weight excluding hydrogens is 188 g/mol. The van der Waals surface area contributed by atoms with Crippen LogP contribution in [-0.4, -0.2) is 16.9 Å². The summed E-state index contributed by atoms with van der Waals surface area (Å²) in [5.74, 6) is 0.876. The van der Waals surface area contributed by atoms with Crippen LogP contribution in [0.5, 0.6) is 5.75 Å².